The Kier molecular flexibility index (Phi) is 3.34. The molecule has 0 amide bonds. The third kappa shape index (κ3) is 2.19. The summed E-state index contributed by atoms with van der Waals surface area (Å²) in [7, 11) is 5.61. The average molecular weight is 381 g/mol. The Morgan fingerprint density at radius 1 is 1.32 bits per heavy atom. The van der Waals surface area contributed by atoms with E-state index in [9.17, 15) is 0 Å². The van der Waals surface area contributed by atoms with E-state index in [-0.39, 0.29) is 5.72 Å². The number of halogens is 1. The van der Waals surface area contributed by atoms with Crippen molar-refractivity contribution in [3.63, 3.8) is 0 Å². The molecule has 0 aromatic carbocycles. The maximum absolute atomic E-state index is 5.61. The molecule has 0 bridgehead atoms. The van der Waals surface area contributed by atoms with Gasteiger partial charge in [0.25, 0.3) is 0 Å². The maximum Gasteiger partial charge on any atom is 0.173 e. The fourth-order valence-electron chi connectivity index (χ4n) is 2.20. The number of fused-ring (bicyclic) bond motifs is 1. The number of hydrogen-bond donors (Lipinski definition) is 0. The lowest BCUT2D eigenvalue weighted by molar-refractivity contribution is 0.947. The standard InChI is InChI=1S/C11H10BIN5P/c1-6-10(7(2)18(15-6)19-13)8-3-4-17-9(5-8)14-11(12)16-17/h3-5,19H,1-2H3. The number of pyridine rings is 1. The monoisotopic (exact) mass is 381 g/mol. The van der Waals surface area contributed by atoms with Crippen LogP contribution in [0.3, 0.4) is 0 Å². The van der Waals surface area contributed by atoms with E-state index in [1.807, 2.05) is 29.7 Å². The zero-order valence-electron chi connectivity index (χ0n) is 10.4. The van der Waals surface area contributed by atoms with Gasteiger partial charge in [0.1, 0.15) is 0 Å². The summed E-state index contributed by atoms with van der Waals surface area (Å²) in [6, 6.07) is 4.00. The maximum atomic E-state index is 5.61. The predicted octanol–water partition coefficient (Wildman–Crippen LogP) is 1.80. The highest BCUT2D eigenvalue weighted by Crippen LogP contribution is 2.33. The lowest BCUT2D eigenvalue weighted by atomic mass is 10.1. The van der Waals surface area contributed by atoms with Crippen LogP contribution >= 0.6 is 28.4 Å². The molecular weight excluding hydrogens is 371 g/mol. The van der Waals surface area contributed by atoms with Crippen molar-refractivity contribution in [1.82, 2.24) is 24.1 Å². The van der Waals surface area contributed by atoms with E-state index in [0.29, 0.717) is 6.37 Å². The lowest BCUT2D eigenvalue weighted by Crippen LogP contribution is -2.06. The Morgan fingerprint density at radius 2 is 2.11 bits per heavy atom. The summed E-state index contributed by atoms with van der Waals surface area (Å²) in [4.78, 5) is 4.19. The first-order chi connectivity index (χ1) is 9.10. The van der Waals surface area contributed by atoms with E-state index < -0.39 is 0 Å². The van der Waals surface area contributed by atoms with Crippen molar-refractivity contribution in [2.24, 2.45) is 0 Å². The zero-order valence-corrected chi connectivity index (χ0v) is 13.6. The highest BCUT2D eigenvalue weighted by molar-refractivity contribution is 14.2. The second-order valence-corrected chi connectivity index (χ2v) is 6.27. The minimum Gasteiger partial charge on any atom is -0.242 e. The van der Waals surface area contributed by atoms with E-state index in [0.717, 1.165) is 22.5 Å². The van der Waals surface area contributed by atoms with Crippen LogP contribution in [-0.2, 0) is 0 Å². The van der Waals surface area contributed by atoms with Gasteiger partial charge in [0.05, 0.1) is 17.8 Å². The Bertz CT molecular complexity index is 766. The van der Waals surface area contributed by atoms with Crippen LogP contribution in [0.1, 0.15) is 11.4 Å². The molecular formula is C11H10BIN5P. The number of aromatic nitrogens is 5. The van der Waals surface area contributed by atoms with Crippen molar-refractivity contribution in [3.05, 3.63) is 29.7 Å². The first-order valence-corrected chi connectivity index (χ1v) is 9.71. The molecule has 1 unspecified atom stereocenters. The van der Waals surface area contributed by atoms with E-state index in [4.69, 9.17) is 7.85 Å². The second kappa shape index (κ2) is 4.87. The van der Waals surface area contributed by atoms with Crippen LogP contribution in [0.15, 0.2) is 18.3 Å². The van der Waals surface area contributed by atoms with E-state index in [1.165, 1.54) is 5.69 Å². The summed E-state index contributed by atoms with van der Waals surface area (Å²) in [6.45, 7) is 4.11. The molecule has 0 aliphatic rings. The summed E-state index contributed by atoms with van der Waals surface area (Å²) in [6.07, 6.45) is 2.47. The van der Waals surface area contributed by atoms with E-state index in [2.05, 4.69) is 44.1 Å². The number of rotatable bonds is 2. The normalized spacial score (nSPS) is 11.9. The Hall–Kier alpha value is -0.945. The van der Waals surface area contributed by atoms with Gasteiger partial charge in [-0.3, -0.25) is 0 Å². The van der Waals surface area contributed by atoms with Crippen LogP contribution < -0.4 is 5.72 Å². The summed E-state index contributed by atoms with van der Waals surface area (Å²) in [5.74, 6) is 0. The number of hydrogen-bond acceptors (Lipinski definition) is 3. The Labute approximate surface area is 126 Å². The molecule has 0 aliphatic heterocycles. The minimum absolute atomic E-state index is 0.287. The topological polar surface area (TPSA) is 48.0 Å². The van der Waals surface area contributed by atoms with Gasteiger partial charge in [-0.05, 0) is 53.6 Å². The largest absolute Gasteiger partial charge is 0.242 e. The molecule has 1 atom stereocenters. The van der Waals surface area contributed by atoms with Gasteiger partial charge >= 0.3 is 0 Å². The molecule has 2 radical (unpaired) electrons. The molecule has 0 spiro atoms. The van der Waals surface area contributed by atoms with Gasteiger partial charge in [0.15, 0.2) is 13.5 Å². The summed E-state index contributed by atoms with van der Waals surface area (Å²) in [5.41, 5.74) is 5.48. The first-order valence-electron chi connectivity index (χ1n) is 5.65. The van der Waals surface area contributed by atoms with Crippen molar-refractivity contribution < 1.29 is 0 Å². The van der Waals surface area contributed by atoms with Crippen molar-refractivity contribution in [2.45, 2.75) is 13.8 Å². The van der Waals surface area contributed by atoms with Crippen LogP contribution in [0.25, 0.3) is 16.8 Å². The smallest absolute Gasteiger partial charge is 0.173 e. The quantitative estimate of drug-likeness (QED) is 0.387. The van der Waals surface area contributed by atoms with Crippen LogP contribution in [0.5, 0.6) is 0 Å². The van der Waals surface area contributed by atoms with Crippen LogP contribution in [-0.4, -0.2) is 32.0 Å². The molecule has 3 aromatic rings. The molecule has 5 nitrogen and oxygen atoms in total. The molecule has 94 valence electrons. The minimum atomic E-state index is 0.287. The first kappa shape index (κ1) is 13.1. The number of nitrogens with zero attached hydrogens (tertiary/aromatic N) is 5. The van der Waals surface area contributed by atoms with E-state index >= 15 is 0 Å². The summed E-state index contributed by atoms with van der Waals surface area (Å²) < 4.78 is 3.70. The van der Waals surface area contributed by atoms with Crippen LogP contribution in [0, 0.1) is 13.8 Å². The van der Waals surface area contributed by atoms with Crippen molar-refractivity contribution in [3.8, 4) is 11.1 Å². The highest BCUT2D eigenvalue weighted by Gasteiger charge is 2.14. The average Bonchev–Trinajstić information content (AvgIpc) is 2.87. The SMILES string of the molecule is [B]c1nc2cc(-c3c(C)nn(PI)c3C)ccn2n1. The van der Waals surface area contributed by atoms with E-state index in [1.54, 1.807) is 4.52 Å². The van der Waals surface area contributed by atoms with Gasteiger partial charge in [0, 0.05) is 17.5 Å². The zero-order chi connectivity index (χ0) is 13.6. The lowest BCUT2D eigenvalue weighted by Gasteiger charge is -2.03. The molecule has 3 rings (SSSR count). The van der Waals surface area contributed by atoms with Crippen LogP contribution in [0.2, 0.25) is 0 Å². The highest BCUT2D eigenvalue weighted by atomic mass is 127. The summed E-state index contributed by atoms with van der Waals surface area (Å²) in [5, 5.41) is 8.62. The molecule has 0 N–H and O–H groups in total. The third-order valence-electron chi connectivity index (χ3n) is 3.01. The van der Waals surface area contributed by atoms with Gasteiger partial charge in [-0.2, -0.15) is 10.2 Å². The summed E-state index contributed by atoms with van der Waals surface area (Å²) >= 11 is 2.33. The Balaban J connectivity index is 2.21. The third-order valence-corrected chi connectivity index (χ3v) is 4.98. The molecule has 19 heavy (non-hydrogen) atoms. The molecule has 3 heterocycles. The van der Waals surface area contributed by atoms with Gasteiger partial charge < -0.3 is 0 Å². The predicted molar refractivity (Wildman–Crippen MR) is 86.8 cm³/mol. The van der Waals surface area contributed by atoms with Gasteiger partial charge in [-0.25, -0.2) is 14.0 Å². The molecule has 0 saturated carbocycles. The molecule has 8 heteroatoms. The molecule has 3 aromatic heterocycles. The fourth-order valence-corrected chi connectivity index (χ4v) is 4.03. The van der Waals surface area contributed by atoms with Crippen molar-refractivity contribution >= 4 is 47.6 Å². The van der Waals surface area contributed by atoms with Gasteiger partial charge in [-0.1, -0.05) is 0 Å². The van der Waals surface area contributed by atoms with Crippen molar-refractivity contribution in [2.75, 3.05) is 0 Å². The van der Waals surface area contributed by atoms with Gasteiger partial charge in [-0.15, -0.1) is 0 Å². The van der Waals surface area contributed by atoms with Crippen molar-refractivity contribution in [1.29, 1.82) is 0 Å². The second-order valence-electron chi connectivity index (χ2n) is 4.23. The molecule has 0 saturated heterocycles. The Morgan fingerprint density at radius 3 is 2.79 bits per heavy atom. The molecule has 0 aliphatic carbocycles. The van der Waals surface area contributed by atoms with Gasteiger partial charge in [0.2, 0.25) is 0 Å². The van der Waals surface area contributed by atoms with Crippen LogP contribution in [0.4, 0.5) is 0 Å². The fraction of sp³-hybridized carbons (Fsp3) is 0.182. The number of aryl methyl sites for hydroxylation is 1. The molecule has 0 fully saturated rings.